The molecule has 0 radical (unpaired) electrons. The smallest absolute Gasteiger partial charge is 0.246 e. The van der Waals surface area contributed by atoms with Gasteiger partial charge in [0.1, 0.15) is 6.61 Å². The minimum absolute atomic E-state index is 0.00623. The van der Waals surface area contributed by atoms with Crippen molar-refractivity contribution in [1.29, 1.82) is 0 Å². The van der Waals surface area contributed by atoms with Gasteiger partial charge >= 0.3 is 0 Å². The van der Waals surface area contributed by atoms with Gasteiger partial charge in [-0.25, -0.2) is 0 Å². The number of hydrogen-bond acceptors (Lipinski definition) is 3. The number of benzene rings is 1. The molecule has 22 heavy (non-hydrogen) atoms. The lowest BCUT2D eigenvalue weighted by atomic mass is 9.99. The minimum atomic E-state index is -0.125. The lowest BCUT2D eigenvalue weighted by molar-refractivity contribution is -0.146. The first-order chi connectivity index (χ1) is 10.5. The third-order valence-corrected chi connectivity index (χ3v) is 4.76. The van der Waals surface area contributed by atoms with Gasteiger partial charge in [0.2, 0.25) is 11.8 Å². The molecule has 1 aromatic carbocycles. The number of rotatable bonds is 2. The van der Waals surface area contributed by atoms with E-state index in [-0.39, 0.29) is 37.0 Å². The highest BCUT2D eigenvalue weighted by molar-refractivity contribution is 6.42. The quantitative estimate of drug-likeness (QED) is 0.888. The molecule has 2 fully saturated rings. The molecule has 0 aliphatic carbocycles. The van der Waals surface area contributed by atoms with Crippen LogP contribution in [0, 0.1) is 0 Å². The molecule has 7 heteroatoms. The third-order valence-electron chi connectivity index (χ3n) is 4.02. The van der Waals surface area contributed by atoms with Gasteiger partial charge < -0.3 is 15.0 Å². The fourth-order valence-corrected chi connectivity index (χ4v) is 3.18. The molecule has 118 valence electrons. The zero-order chi connectivity index (χ0) is 15.7. The van der Waals surface area contributed by atoms with Crippen molar-refractivity contribution < 1.29 is 14.3 Å². The Morgan fingerprint density at radius 2 is 2.18 bits per heavy atom. The zero-order valence-corrected chi connectivity index (χ0v) is 13.4. The number of fused-ring (bicyclic) bond motifs is 1. The lowest BCUT2D eigenvalue weighted by Gasteiger charge is -2.41. The van der Waals surface area contributed by atoms with Crippen LogP contribution in [0.1, 0.15) is 12.0 Å². The van der Waals surface area contributed by atoms with E-state index in [1.807, 2.05) is 0 Å². The van der Waals surface area contributed by atoms with E-state index >= 15 is 0 Å². The summed E-state index contributed by atoms with van der Waals surface area (Å²) in [5.41, 5.74) is 0.824. The van der Waals surface area contributed by atoms with E-state index in [1.165, 1.54) is 0 Å². The van der Waals surface area contributed by atoms with Crippen LogP contribution in [0.4, 0.5) is 0 Å². The maximum absolute atomic E-state index is 12.4. The van der Waals surface area contributed by atoms with Crippen molar-refractivity contribution in [3.63, 3.8) is 0 Å². The number of nitrogens with zero attached hydrogens (tertiary/aromatic N) is 1. The van der Waals surface area contributed by atoms with Gasteiger partial charge in [-0.15, -0.1) is 0 Å². The Balaban J connectivity index is 1.62. The predicted molar refractivity (Wildman–Crippen MR) is 83.0 cm³/mol. The van der Waals surface area contributed by atoms with Crippen molar-refractivity contribution >= 4 is 35.0 Å². The summed E-state index contributed by atoms with van der Waals surface area (Å²) in [6.45, 7) is 1.23. The molecule has 0 bridgehead atoms. The van der Waals surface area contributed by atoms with Gasteiger partial charge in [0.25, 0.3) is 0 Å². The highest BCUT2D eigenvalue weighted by Gasteiger charge is 2.36. The first-order valence-electron chi connectivity index (χ1n) is 7.15. The SMILES string of the molecule is O=C1CO[C@@H]2CCN(C(=O)Cc3ccc(Cl)c(Cl)c3)C[C@H]2N1. The second kappa shape index (κ2) is 6.44. The molecule has 2 amide bonds. The van der Waals surface area contributed by atoms with Crippen molar-refractivity contribution in [3.05, 3.63) is 33.8 Å². The van der Waals surface area contributed by atoms with Gasteiger partial charge in [0.15, 0.2) is 0 Å². The van der Waals surface area contributed by atoms with Crippen LogP contribution in [0.3, 0.4) is 0 Å². The monoisotopic (exact) mass is 342 g/mol. The summed E-state index contributed by atoms with van der Waals surface area (Å²) in [4.78, 5) is 25.6. The van der Waals surface area contributed by atoms with Crippen molar-refractivity contribution in [2.45, 2.75) is 25.0 Å². The highest BCUT2D eigenvalue weighted by Crippen LogP contribution is 2.24. The second-order valence-corrected chi connectivity index (χ2v) is 6.39. The molecule has 1 N–H and O–H groups in total. The first-order valence-corrected chi connectivity index (χ1v) is 7.91. The van der Waals surface area contributed by atoms with Gasteiger partial charge in [-0.2, -0.15) is 0 Å². The molecule has 2 saturated heterocycles. The number of likely N-dealkylation sites (tertiary alicyclic amines) is 1. The predicted octanol–water partition coefficient (Wildman–Crippen LogP) is 1.65. The van der Waals surface area contributed by atoms with Crippen molar-refractivity contribution in [2.75, 3.05) is 19.7 Å². The van der Waals surface area contributed by atoms with Crippen molar-refractivity contribution in [1.82, 2.24) is 10.2 Å². The Labute approximate surface area is 138 Å². The molecule has 5 nitrogen and oxygen atoms in total. The second-order valence-electron chi connectivity index (χ2n) is 5.58. The molecule has 1 aromatic rings. The van der Waals surface area contributed by atoms with E-state index in [0.29, 0.717) is 23.1 Å². The highest BCUT2D eigenvalue weighted by atomic mass is 35.5. The summed E-state index contributed by atoms with van der Waals surface area (Å²) < 4.78 is 5.49. The molecule has 2 aliphatic rings. The Bertz CT molecular complexity index is 608. The maximum atomic E-state index is 12.4. The largest absolute Gasteiger partial charge is 0.366 e. The number of nitrogens with one attached hydrogen (secondary N) is 1. The van der Waals surface area contributed by atoms with Crippen LogP contribution in [0.2, 0.25) is 10.0 Å². The van der Waals surface area contributed by atoms with Crippen LogP contribution < -0.4 is 5.32 Å². The number of carbonyl (C=O) groups excluding carboxylic acids is 2. The third kappa shape index (κ3) is 3.37. The summed E-state index contributed by atoms with van der Waals surface area (Å²) in [6, 6.07) is 5.07. The Morgan fingerprint density at radius 3 is 2.95 bits per heavy atom. The van der Waals surface area contributed by atoms with Gasteiger partial charge in [-0.1, -0.05) is 29.3 Å². The molecule has 0 spiro atoms. The topological polar surface area (TPSA) is 58.6 Å². The average Bonchev–Trinajstić information content (AvgIpc) is 2.50. The molecular weight excluding hydrogens is 327 g/mol. The Kier molecular flexibility index (Phi) is 4.57. The van der Waals surface area contributed by atoms with Gasteiger partial charge in [-0.05, 0) is 24.1 Å². The van der Waals surface area contributed by atoms with Crippen LogP contribution in [-0.4, -0.2) is 48.6 Å². The summed E-state index contributed by atoms with van der Waals surface area (Å²) in [6.07, 6.45) is 1.01. The molecule has 3 rings (SSSR count). The van der Waals surface area contributed by atoms with Crippen LogP contribution in [0.15, 0.2) is 18.2 Å². The molecule has 0 saturated carbocycles. The number of morpholine rings is 1. The molecular formula is C15H16Cl2N2O3. The number of amides is 2. The standard InChI is InChI=1S/C15H16Cl2N2O3/c16-10-2-1-9(5-11(10)17)6-15(21)19-4-3-13-12(7-19)18-14(20)8-22-13/h1-2,5,12-13H,3-4,6-8H2,(H,18,20)/t12-,13-/m1/s1. The number of carbonyl (C=O) groups is 2. The fraction of sp³-hybridized carbons (Fsp3) is 0.467. The first kappa shape index (κ1) is 15.6. The van der Waals surface area contributed by atoms with Gasteiger partial charge in [-0.3, -0.25) is 9.59 Å². The van der Waals surface area contributed by atoms with Crippen LogP contribution in [-0.2, 0) is 20.7 Å². The summed E-state index contributed by atoms with van der Waals surface area (Å²) in [7, 11) is 0. The molecule has 2 atom stereocenters. The van der Waals surface area contributed by atoms with Gasteiger partial charge in [0.05, 0.1) is 28.6 Å². The van der Waals surface area contributed by atoms with Crippen LogP contribution >= 0.6 is 23.2 Å². The maximum Gasteiger partial charge on any atom is 0.246 e. The number of ether oxygens (including phenoxy) is 1. The summed E-state index contributed by atoms with van der Waals surface area (Å²) >= 11 is 11.8. The van der Waals surface area contributed by atoms with E-state index in [9.17, 15) is 9.59 Å². The van der Waals surface area contributed by atoms with E-state index < -0.39 is 0 Å². The summed E-state index contributed by atoms with van der Waals surface area (Å²) in [5.74, 6) is -0.114. The molecule has 2 aliphatic heterocycles. The van der Waals surface area contributed by atoms with E-state index in [2.05, 4.69) is 5.32 Å². The Hall–Kier alpha value is -1.30. The van der Waals surface area contributed by atoms with E-state index in [1.54, 1.807) is 23.1 Å². The van der Waals surface area contributed by atoms with Crippen molar-refractivity contribution in [3.8, 4) is 0 Å². The fourth-order valence-electron chi connectivity index (χ4n) is 2.86. The zero-order valence-electron chi connectivity index (χ0n) is 11.9. The molecule has 2 heterocycles. The summed E-state index contributed by atoms with van der Waals surface area (Å²) in [5, 5.41) is 3.80. The Morgan fingerprint density at radius 1 is 1.36 bits per heavy atom. The van der Waals surface area contributed by atoms with E-state index in [4.69, 9.17) is 27.9 Å². The molecule has 0 unspecified atom stereocenters. The van der Waals surface area contributed by atoms with Crippen molar-refractivity contribution in [2.24, 2.45) is 0 Å². The van der Waals surface area contributed by atoms with E-state index in [0.717, 1.165) is 12.0 Å². The minimum Gasteiger partial charge on any atom is -0.366 e. The number of halogens is 2. The normalized spacial score (nSPS) is 24.6. The van der Waals surface area contributed by atoms with Crippen LogP contribution in [0.5, 0.6) is 0 Å². The van der Waals surface area contributed by atoms with Crippen LogP contribution in [0.25, 0.3) is 0 Å². The number of piperidine rings is 1. The van der Waals surface area contributed by atoms with Gasteiger partial charge in [0, 0.05) is 13.1 Å². The molecule has 0 aromatic heterocycles. The lowest BCUT2D eigenvalue weighted by Crippen LogP contribution is -2.61. The number of hydrogen-bond donors (Lipinski definition) is 1. The average molecular weight is 343 g/mol.